The summed E-state index contributed by atoms with van der Waals surface area (Å²) in [6.45, 7) is 1.55. The molecule has 1 saturated heterocycles. The van der Waals surface area contributed by atoms with E-state index in [1.54, 1.807) is 17.0 Å². The molecule has 1 aromatic heterocycles. The molecule has 116 valence electrons. The van der Waals surface area contributed by atoms with E-state index in [0.29, 0.717) is 11.6 Å². The van der Waals surface area contributed by atoms with Crippen molar-refractivity contribution in [2.45, 2.75) is 25.7 Å². The Morgan fingerprint density at radius 2 is 2.27 bits per heavy atom. The molecule has 5 heteroatoms. The molecule has 1 unspecified atom stereocenters. The van der Waals surface area contributed by atoms with Gasteiger partial charge in [-0.3, -0.25) is 4.79 Å². The molecule has 0 spiro atoms. The van der Waals surface area contributed by atoms with Gasteiger partial charge < -0.3 is 4.90 Å². The van der Waals surface area contributed by atoms with E-state index in [1.807, 2.05) is 17.0 Å². The van der Waals surface area contributed by atoms with Gasteiger partial charge in [-0.05, 0) is 43.2 Å². The highest BCUT2D eigenvalue weighted by atomic mass is 32.1. The number of aryl methyl sites for hydroxylation is 1. The highest BCUT2D eigenvalue weighted by molar-refractivity contribution is 7.07. The maximum Gasteiger partial charge on any atom is 0.273 e. The standard InChI is InChI=1S/C17H19FN2OS/c18-15-6-2-1-5-14(15)8-7-13-4-3-9-20(10-13)17(21)16-11-22-12-19-16/h1-2,5-6,11-13H,3-4,7-10H2. The summed E-state index contributed by atoms with van der Waals surface area (Å²) in [7, 11) is 0. The Hall–Kier alpha value is -1.75. The third-order valence-electron chi connectivity index (χ3n) is 4.24. The van der Waals surface area contributed by atoms with Gasteiger partial charge in [-0.25, -0.2) is 9.37 Å². The molecular weight excluding hydrogens is 299 g/mol. The number of hydrogen-bond acceptors (Lipinski definition) is 3. The quantitative estimate of drug-likeness (QED) is 0.860. The maximum absolute atomic E-state index is 13.7. The molecule has 3 rings (SSSR count). The van der Waals surface area contributed by atoms with Gasteiger partial charge in [-0.15, -0.1) is 11.3 Å². The molecule has 2 heterocycles. The molecule has 0 radical (unpaired) electrons. The van der Waals surface area contributed by atoms with Crippen LogP contribution in [0.4, 0.5) is 4.39 Å². The lowest BCUT2D eigenvalue weighted by atomic mass is 9.91. The number of benzene rings is 1. The Labute approximate surface area is 133 Å². The number of amides is 1. The highest BCUT2D eigenvalue weighted by Crippen LogP contribution is 2.23. The Bertz CT molecular complexity index is 629. The second-order valence-corrected chi connectivity index (χ2v) is 6.48. The van der Waals surface area contributed by atoms with Crippen LogP contribution in [0, 0.1) is 11.7 Å². The van der Waals surface area contributed by atoms with Crippen molar-refractivity contribution in [3.8, 4) is 0 Å². The van der Waals surface area contributed by atoms with Crippen LogP contribution in [0.1, 0.15) is 35.3 Å². The average Bonchev–Trinajstić information content (AvgIpc) is 3.08. The zero-order chi connectivity index (χ0) is 15.4. The number of rotatable bonds is 4. The van der Waals surface area contributed by atoms with E-state index >= 15 is 0 Å². The van der Waals surface area contributed by atoms with E-state index < -0.39 is 0 Å². The summed E-state index contributed by atoms with van der Waals surface area (Å²) in [6, 6.07) is 6.94. The molecule has 0 aliphatic carbocycles. The van der Waals surface area contributed by atoms with E-state index in [-0.39, 0.29) is 11.7 Å². The minimum atomic E-state index is -0.131. The molecule has 0 bridgehead atoms. The molecule has 22 heavy (non-hydrogen) atoms. The number of carbonyl (C=O) groups is 1. The summed E-state index contributed by atoms with van der Waals surface area (Å²) in [5.74, 6) is 0.335. The minimum absolute atomic E-state index is 0.0249. The van der Waals surface area contributed by atoms with Crippen LogP contribution in [0.3, 0.4) is 0 Å². The smallest absolute Gasteiger partial charge is 0.273 e. The number of halogens is 1. The number of carbonyl (C=O) groups excluding carboxylic acids is 1. The summed E-state index contributed by atoms with van der Waals surface area (Å²) in [6.07, 6.45) is 3.77. The molecule has 0 saturated carbocycles. The van der Waals surface area contributed by atoms with Crippen LogP contribution >= 0.6 is 11.3 Å². The van der Waals surface area contributed by atoms with Gasteiger partial charge in [0.05, 0.1) is 5.51 Å². The Kier molecular flexibility index (Phi) is 4.83. The lowest BCUT2D eigenvalue weighted by molar-refractivity contribution is 0.0663. The van der Waals surface area contributed by atoms with Crippen molar-refractivity contribution in [1.82, 2.24) is 9.88 Å². The molecule has 1 amide bonds. The normalized spacial score (nSPS) is 18.4. The van der Waals surface area contributed by atoms with Gasteiger partial charge in [-0.2, -0.15) is 0 Å². The Morgan fingerprint density at radius 1 is 1.41 bits per heavy atom. The third-order valence-corrected chi connectivity index (χ3v) is 4.82. The van der Waals surface area contributed by atoms with Crippen LogP contribution in [-0.2, 0) is 6.42 Å². The van der Waals surface area contributed by atoms with Gasteiger partial charge >= 0.3 is 0 Å². The van der Waals surface area contributed by atoms with Gasteiger partial charge in [0.25, 0.3) is 5.91 Å². The van der Waals surface area contributed by atoms with E-state index in [9.17, 15) is 9.18 Å². The van der Waals surface area contributed by atoms with E-state index in [1.165, 1.54) is 17.4 Å². The SMILES string of the molecule is O=C(c1cscn1)N1CCCC(CCc2ccccc2F)C1. The minimum Gasteiger partial charge on any atom is -0.337 e. The summed E-state index contributed by atoms with van der Waals surface area (Å²) in [5.41, 5.74) is 3.00. The number of likely N-dealkylation sites (tertiary alicyclic amines) is 1. The van der Waals surface area contributed by atoms with Gasteiger partial charge in [0.1, 0.15) is 11.5 Å². The van der Waals surface area contributed by atoms with Crippen molar-refractivity contribution in [3.05, 3.63) is 52.2 Å². The first-order chi connectivity index (χ1) is 10.7. The molecule has 1 aliphatic rings. The second-order valence-electron chi connectivity index (χ2n) is 5.76. The van der Waals surface area contributed by atoms with Crippen LogP contribution in [0.2, 0.25) is 0 Å². The molecule has 3 nitrogen and oxygen atoms in total. The number of piperidine rings is 1. The first kappa shape index (κ1) is 15.2. The van der Waals surface area contributed by atoms with Crippen molar-refractivity contribution in [1.29, 1.82) is 0 Å². The molecule has 1 atom stereocenters. The van der Waals surface area contributed by atoms with Gasteiger partial charge in [0.15, 0.2) is 0 Å². The lowest BCUT2D eigenvalue weighted by Gasteiger charge is -2.32. The van der Waals surface area contributed by atoms with Crippen LogP contribution in [0.25, 0.3) is 0 Å². The Balaban J connectivity index is 1.57. The molecule has 1 aromatic carbocycles. The maximum atomic E-state index is 13.7. The summed E-state index contributed by atoms with van der Waals surface area (Å²) >= 11 is 1.44. The first-order valence-electron chi connectivity index (χ1n) is 7.65. The van der Waals surface area contributed by atoms with E-state index in [2.05, 4.69) is 4.98 Å². The number of thiazole rings is 1. The fraction of sp³-hybridized carbons (Fsp3) is 0.412. The Morgan fingerprint density at radius 3 is 3.05 bits per heavy atom. The van der Waals surface area contributed by atoms with Crippen molar-refractivity contribution >= 4 is 17.2 Å². The summed E-state index contributed by atoms with van der Waals surface area (Å²) in [5, 5.41) is 1.80. The fourth-order valence-corrected chi connectivity index (χ4v) is 3.55. The van der Waals surface area contributed by atoms with Crippen molar-refractivity contribution in [3.63, 3.8) is 0 Å². The second kappa shape index (κ2) is 7.01. The number of nitrogens with zero attached hydrogens (tertiary/aromatic N) is 2. The van der Waals surface area contributed by atoms with Crippen molar-refractivity contribution in [2.75, 3.05) is 13.1 Å². The number of aromatic nitrogens is 1. The summed E-state index contributed by atoms with van der Waals surface area (Å²) < 4.78 is 13.7. The monoisotopic (exact) mass is 318 g/mol. The predicted molar refractivity (Wildman–Crippen MR) is 85.5 cm³/mol. The number of hydrogen-bond donors (Lipinski definition) is 0. The molecule has 1 aliphatic heterocycles. The van der Waals surface area contributed by atoms with E-state index in [0.717, 1.165) is 44.3 Å². The van der Waals surface area contributed by atoms with Crippen molar-refractivity contribution in [2.24, 2.45) is 5.92 Å². The van der Waals surface area contributed by atoms with Crippen LogP contribution < -0.4 is 0 Å². The average molecular weight is 318 g/mol. The molecule has 2 aromatic rings. The molecule has 1 fully saturated rings. The van der Waals surface area contributed by atoms with Gasteiger partial charge in [0, 0.05) is 18.5 Å². The molecular formula is C17H19FN2OS. The zero-order valence-electron chi connectivity index (χ0n) is 12.4. The largest absolute Gasteiger partial charge is 0.337 e. The predicted octanol–water partition coefficient (Wildman–Crippen LogP) is 3.77. The lowest BCUT2D eigenvalue weighted by Crippen LogP contribution is -2.40. The third kappa shape index (κ3) is 3.53. The fourth-order valence-electron chi connectivity index (χ4n) is 3.03. The zero-order valence-corrected chi connectivity index (χ0v) is 13.2. The molecule has 0 N–H and O–H groups in total. The van der Waals surface area contributed by atoms with Crippen LogP contribution in [-0.4, -0.2) is 28.9 Å². The summed E-state index contributed by atoms with van der Waals surface area (Å²) in [4.78, 5) is 18.3. The topological polar surface area (TPSA) is 33.2 Å². The van der Waals surface area contributed by atoms with Crippen molar-refractivity contribution < 1.29 is 9.18 Å². The van der Waals surface area contributed by atoms with Crippen LogP contribution in [0.5, 0.6) is 0 Å². The van der Waals surface area contributed by atoms with Gasteiger partial charge in [-0.1, -0.05) is 18.2 Å². The van der Waals surface area contributed by atoms with E-state index in [4.69, 9.17) is 0 Å². The van der Waals surface area contributed by atoms with Gasteiger partial charge in [0.2, 0.25) is 0 Å². The highest BCUT2D eigenvalue weighted by Gasteiger charge is 2.25. The van der Waals surface area contributed by atoms with Crippen LogP contribution in [0.15, 0.2) is 35.2 Å². The first-order valence-corrected chi connectivity index (χ1v) is 8.59.